The first-order valence-electron chi connectivity index (χ1n) is 6.64. The summed E-state index contributed by atoms with van der Waals surface area (Å²) < 4.78 is 31.6. The summed E-state index contributed by atoms with van der Waals surface area (Å²) in [6.45, 7) is -0.0609. The van der Waals surface area contributed by atoms with Crippen LogP contribution < -0.4 is 5.32 Å². The summed E-state index contributed by atoms with van der Waals surface area (Å²) in [4.78, 5) is 15.9. The maximum atomic E-state index is 13.4. The molecule has 0 spiro atoms. The fourth-order valence-electron chi connectivity index (χ4n) is 2.13. The van der Waals surface area contributed by atoms with Gasteiger partial charge in [-0.3, -0.25) is 4.79 Å². The predicted octanol–water partition coefficient (Wildman–Crippen LogP) is 2.96. The number of carbonyl (C=O) groups excluding carboxylic acids is 1. The van der Waals surface area contributed by atoms with Crippen LogP contribution in [0.15, 0.2) is 47.2 Å². The Balaban J connectivity index is 1.63. The van der Waals surface area contributed by atoms with Crippen LogP contribution in [0.5, 0.6) is 0 Å². The number of carbonyl (C=O) groups is 1. The van der Waals surface area contributed by atoms with Crippen LogP contribution in [0.25, 0.3) is 11.1 Å². The van der Waals surface area contributed by atoms with E-state index >= 15 is 0 Å². The number of nitrogens with one attached hydrogen (secondary N) is 1. The predicted molar refractivity (Wildman–Crippen MR) is 75.9 cm³/mol. The molecule has 1 heterocycles. The van der Waals surface area contributed by atoms with E-state index in [0.29, 0.717) is 11.1 Å². The third kappa shape index (κ3) is 3.11. The van der Waals surface area contributed by atoms with Crippen molar-refractivity contribution < 1.29 is 18.0 Å². The van der Waals surface area contributed by atoms with Gasteiger partial charge in [0.2, 0.25) is 5.91 Å². The molecule has 3 aromatic rings. The fraction of sp³-hybridized carbons (Fsp3) is 0.125. The van der Waals surface area contributed by atoms with E-state index in [2.05, 4.69) is 10.3 Å². The molecule has 112 valence electrons. The van der Waals surface area contributed by atoms with E-state index in [-0.39, 0.29) is 24.4 Å². The highest BCUT2D eigenvalue weighted by molar-refractivity contribution is 5.80. The largest absolute Gasteiger partial charge is 0.443 e. The van der Waals surface area contributed by atoms with Crippen molar-refractivity contribution in [2.75, 3.05) is 0 Å². The van der Waals surface area contributed by atoms with E-state index in [9.17, 15) is 13.6 Å². The third-order valence-electron chi connectivity index (χ3n) is 3.24. The molecule has 0 saturated heterocycles. The lowest BCUT2D eigenvalue weighted by Crippen LogP contribution is -2.25. The van der Waals surface area contributed by atoms with Crippen LogP contribution in [0, 0.1) is 11.6 Å². The van der Waals surface area contributed by atoms with E-state index < -0.39 is 11.6 Å². The van der Waals surface area contributed by atoms with Gasteiger partial charge in [-0.25, -0.2) is 13.8 Å². The number of amides is 1. The number of aromatic nitrogens is 1. The van der Waals surface area contributed by atoms with Gasteiger partial charge in [0.05, 0.1) is 6.42 Å². The Bertz CT molecular complexity index is 830. The second-order valence-electron chi connectivity index (χ2n) is 4.84. The molecule has 0 aliphatic rings. The Morgan fingerprint density at radius 1 is 1.18 bits per heavy atom. The van der Waals surface area contributed by atoms with Crippen molar-refractivity contribution in [1.82, 2.24) is 10.3 Å². The van der Waals surface area contributed by atoms with E-state index in [4.69, 9.17) is 4.42 Å². The number of nitrogens with zero attached hydrogens (tertiary/aromatic N) is 1. The summed E-state index contributed by atoms with van der Waals surface area (Å²) in [5, 5.41) is 2.57. The molecule has 1 amide bonds. The van der Waals surface area contributed by atoms with Gasteiger partial charge in [0.1, 0.15) is 17.2 Å². The lowest BCUT2D eigenvalue weighted by molar-refractivity contribution is -0.120. The highest BCUT2D eigenvalue weighted by atomic mass is 19.1. The average molecular weight is 302 g/mol. The first kappa shape index (κ1) is 14.2. The minimum absolute atomic E-state index is 0.0609. The lowest BCUT2D eigenvalue weighted by Gasteiger charge is -2.07. The molecule has 22 heavy (non-hydrogen) atoms. The molecule has 3 rings (SSSR count). The Hall–Kier alpha value is -2.76. The molecule has 0 aliphatic heterocycles. The molecule has 0 unspecified atom stereocenters. The molecule has 1 N–H and O–H groups in total. The first-order chi connectivity index (χ1) is 10.6. The summed E-state index contributed by atoms with van der Waals surface area (Å²) in [7, 11) is 0. The maximum Gasteiger partial charge on any atom is 0.224 e. The summed E-state index contributed by atoms with van der Waals surface area (Å²) in [6.07, 6.45) is 1.46. The van der Waals surface area contributed by atoms with Crippen molar-refractivity contribution in [2.24, 2.45) is 0 Å². The summed E-state index contributed by atoms with van der Waals surface area (Å²) >= 11 is 0. The molecule has 0 atom stereocenters. The minimum Gasteiger partial charge on any atom is -0.443 e. The molecule has 4 nitrogen and oxygen atoms in total. The second kappa shape index (κ2) is 5.93. The van der Waals surface area contributed by atoms with Gasteiger partial charge in [0, 0.05) is 12.1 Å². The zero-order chi connectivity index (χ0) is 15.5. The highest BCUT2D eigenvalue weighted by Crippen LogP contribution is 2.14. The third-order valence-corrected chi connectivity index (χ3v) is 3.24. The molecular formula is C16H12F2N2O2. The molecular weight excluding hydrogens is 290 g/mol. The highest BCUT2D eigenvalue weighted by Gasteiger charge is 2.08. The van der Waals surface area contributed by atoms with Crippen molar-refractivity contribution in [3.63, 3.8) is 0 Å². The summed E-state index contributed by atoms with van der Waals surface area (Å²) in [5.74, 6) is -1.38. The van der Waals surface area contributed by atoms with Crippen LogP contribution in [-0.4, -0.2) is 10.9 Å². The van der Waals surface area contributed by atoms with Gasteiger partial charge in [-0.2, -0.15) is 0 Å². The summed E-state index contributed by atoms with van der Waals surface area (Å²) in [5.41, 5.74) is 2.19. The number of fused-ring (bicyclic) bond motifs is 1. The topological polar surface area (TPSA) is 55.1 Å². The molecule has 6 heteroatoms. The number of rotatable bonds is 4. The Kier molecular flexibility index (Phi) is 3.82. The van der Waals surface area contributed by atoms with E-state index in [1.807, 2.05) is 0 Å². The van der Waals surface area contributed by atoms with Crippen molar-refractivity contribution >= 4 is 17.0 Å². The smallest absolute Gasteiger partial charge is 0.224 e. The monoisotopic (exact) mass is 302 g/mol. The Morgan fingerprint density at radius 2 is 2.05 bits per heavy atom. The van der Waals surface area contributed by atoms with E-state index in [1.54, 1.807) is 18.2 Å². The average Bonchev–Trinajstić information content (AvgIpc) is 2.96. The lowest BCUT2D eigenvalue weighted by atomic mass is 10.1. The van der Waals surface area contributed by atoms with Gasteiger partial charge in [-0.05, 0) is 35.9 Å². The van der Waals surface area contributed by atoms with Crippen molar-refractivity contribution in [2.45, 2.75) is 13.0 Å². The molecule has 0 saturated carbocycles. The van der Waals surface area contributed by atoms with Crippen LogP contribution in [-0.2, 0) is 17.8 Å². The van der Waals surface area contributed by atoms with E-state index in [0.717, 1.165) is 23.8 Å². The first-order valence-corrected chi connectivity index (χ1v) is 6.64. The van der Waals surface area contributed by atoms with Crippen LogP contribution in [0.2, 0.25) is 0 Å². The zero-order valence-electron chi connectivity index (χ0n) is 11.5. The molecule has 0 bridgehead atoms. The number of halogens is 2. The van der Waals surface area contributed by atoms with Gasteiger partial charge in [-0.15, -0.1) is 0 Å². The second-order valence-corrected chi connectivity index (χ2v) is 4.84. The number of hydrogen-bond acceptors (Lipinski definition) is 3. The van der Waals surface area contributed by atoms with Crippen LogP contribution >= 0.6 is 0 Å². The standard InChI is InChI=1S/C16H12F2N2O2/c17-12-2-3-13(18)11(7-12)8-19-16(21)6-10-1-4-15-14(5-10)20-9-22-15/h1-5,7,9H,6,8H2,(H,19,21). The zero-order valence-corrected chi connectivity index (χ0v) is 11.5. The summed E-state index contributed by atoms with van der Waals surface area (Å²) in [6, 6.07) is 8.38. The molecule has 1 aromatic heterocycles. The molecule has 0 aliphatic carbocycles. The Morgan fingerprint density at radius 3 is 2.91 bits per heavy atom. The number of benzene rings is 2. The normalized spacial score (nSPS) is 10.8. The maximum absolute atomic E-state index is 13.4. The van der Waals surface area contributed by atoms with Gasteiger partial charge in [0.15, 0.2) is 12.0 Å². The van der Waals surface area contributed by atoms with Crippen molar-refractivity contribution in [3.8, 4) is 0 Å². The van der Waals surface area contributed by atoms with Crippen molar-refractivity contribution in [1.29, 1.82) is 0 Å². The number of hydrogen-bond donors (Lipinski definition) is 1. The van der Waals surface area contributed by atoms with E-state index in [1.165, 1.54) is 6.39 Å². The van der Waals surface area contributed by atoms with Gasteiger partial charge in [-0.1, -0.05) is 6.07 Å². The fourth-order valence-corrected chi connectivity index (χ4v) is 2.13. The Labute approximate surface area is 124 Å². The van der Waals surface area contributed by atoms with Gasteiger partial charge < -0.3 is 9.73 Å². The SMILES string of the molecule is O=C(Cc1ccc2ocnc2c1)NCc1cc(F)ccc1F. The minimum atomic E-state index is -0.550. The van der Waals surface area contributed by atoms with Crippen LogP contribution in [0.3, 0.4) is 0 Å². The quantitative estimate of drug-likeness (QED) is 0.806. The molecule has 0 fully saturated rings. The number of oxazole rings is 1. The van der Waals surface area contributed by atoms with Crippen molar-refractivity contribution in [3.05, 3.63) is 65.6 Å². The van der Waals surface area contributed by atoms with Gasteiger partial charge in [0.25, 0.3) is 0 Å². The molecule has 0 radical (unpaired) electrons. The van der Waals surface area contributed by atoms with Crippen LogP contribution in [0.1, 0.15) is 11.1 Å². The van der Waals surface area contributed by atoms with Gasteiger partial charge >= 0.3 is 0 Å². The molecule has 2 aromatic carbocycles. The van der Waals surface area contributed by atoms with Crippen LogP contribution in [0.4, 0.5) is 8.78 Å².